The fourth-order valence-corrected chi connectivity index (χ4v) is 5.42. The molecule has 0 atom stereocenters. The van der Waals surface area contributed by atoms with Crippen LogP contribution >= 0.6 is 0 Å². The first-order valence-electron chi connectivity index (χ1n) is 13.6. The SMILES string of the molecule is O=[N+]([O-])c1ccc(N[C@H]2CC[C@H](Oc3cc(N4CCN(Cc5ccc(F)cc5)CC4)ccn3)CC2)cc1C(F)(F)F. The molecule has 218 valence electrons. The highest BCUT2D eigenvalue weighted by molar-refractivity contribution is 5.55. The van der Waals surface area contributed by atoms with E-state index in [1.54, 1.807) is 6.20 Å². The Morgan fingerprint density at radius 1 is 0.976 bits per heavy atom. The first-order chi connectivity index (χ1) is 19.6. The Morgan fingerprint density at radius 2 is 1.68 bits per heavy atom. The second-order valence-electron chi connectivity index (χ2n) is 10.5. The summed E-state index contributed by atoms with van der Waals surface area (Å²) in [6.45, 7) is 4.24. The van der Waals surface area contributed by atoms with Crippen molar-refractivity contribution in [3.63, 3.8) is 0 Å². The number of halogens is 4. The molecular weight excluding hydrogens is 542 g/mol. The summed E-state index contributed by atoms with van der Waals surface area (Å²) in [6, 6.07) is 13.4. The van der Waals surface area contributed by atoms with Crippen LogP contribution in [0.1, 0.15) is 36.8 Å². The summed E-state index contributed by atoms with van der Waals surface area (Å²) < 4.78 is 59.3. The van der Waals surface area contributed by atoms with Gasteiger partial charge in [0.25, 0.3) is 5.69 Å². The number of benzene rings is 2. The van der Waals surface area contributed by atoms with Crippen molar-refractivity contribution in [2.24, 2.45) is 0 Å². The van der Waals surface area contributed by atoms with Crippen molar-refractivity contribution < 1.29 is 27.2 Å². The highest BCUT2D eigenvalue weighted by atomic mass is 19.4. The number of nitrogens with zero attached hydrogens (tertiary/aromatic N) is 4. The van der Waals surface area contributed by atoms with Gasteiger partial charge in [-0.3, -0.25) is 15.0 Å². The van der Waals surface area contributed by atoms with E-state index in [0.717, 1.165) is 56.1 Å². The van der Waals surface area contributed by atoms with Crippen molar-refractivity contribution in [2.45, 2.75) is 50.6 Å². The molecule has 8 nitrogen and oxygen atoms in total. The highest BCUT2D eigenvalue weighted by Crippen LogP contribution is 2.38. The molecule has 1 aromatic heterocycles. The van der Waals surface area contributed by atoms with E-state index in [9.17, 15) is 27.7 Å². The number of aromatic nitrogens is 1. The van der Waals surface area contributed by atoms with Crippen molar-refractivity contribution in [2.75, 3.05) is 36.4 Å². The molecule has 0 spiro atoms. The number of alkyl halides is 3. The normalized spacial score (nSPS) is 20.0. The monoisotopic (exact) mass is 573 g/mol. The standard InChI is InChI=1S/C29H31F4N5O3/c30-21-3-1-20(2-4-21)19-36-13-15-37(16-14-36)24-11-12-34-28(18-24)41-25-8-5-22(6-9-25)35-23-7-10-27(38(39)40)26(17-23)29(31,32)33/h1-4,7,10-12,17-18,22,25,35H,5-6,8-9,13-16,19H2/t22-,25-. The average molecular weight is 574 g/mol. The van der Waals surface area contributed by atoms with Gasteiger partial charge in [0, 0.05) is 68.5 Å². The van der Waals surface area contributed by atoms with Gasteiger partial charge in [-0.25, -0.2) is 9.37 Å². The second-order valence-corrected chi connectivity index (χ2v) is 10.5. The lowest BCUT2D eigenvalue weighted by molar-refractivity contribution is -0.388. The Balaban J connectivity index is 1.10. The molecule has 2 fully saturated rings. The van der Waals surface area contributed by atoms with Gasteiger partial charge in [0.2, 0.25) is 5.88 Å². The summed E-state index contributed by atoms with van der Waals surface area (Å²) in [5, 5.41) is 14.1. The van der Waals surface area contributed by atoms with Gasteiger partial charge >= 0.3 is 6.18 Å². The lowest BCUT2D eigenvalue weighted by Crippen LogP contribution is -2.46. The van der Waals surface area contributed by atoms with Crippen LogP contribution in [0.4, 0.5) is 34.6 Å². The zero-order valence-electron chi connectivity index (χ0n) is 22.3. The van der Waals surface area contributed by atoms with E-state index in [0.29, 0.717) is 31.6 Å². The van der Waals surface area contributed by atoms with E-state index in [1.165, 1.54) is 18.2 Å². The predicted octanol–water partition coefficient (Wildman–Crippen LogP) is 6.27. The molecule has 1 N–H and O–H groups in total. The molecule has 2 aromatic carbocycles. The van der Waals surface area contributed by atoms with Crippen molar-refractivity contribution in [3.05, 3.63) is 87.9 Å². The number of hydrogen-bond acceptors (Lipinski definition) is 7. The van der Waals surface area contributed by atoms with Gasteiger partial charge in [0.15, 0.2) is 0 Å². The summed E-state index contributed by atoms with van der Waals surface area (Å²) >= 11 is 0. The largest absolute Gasteiger partial charge is 0.474 e. The highest BCUT2D eigenvalue weighted by Gasteiger charge is 2.38. The second kappa shape index (κ2) is 12.3. The molecule has 1 saturated carbocycles. The van der Waals surface area contributed by atoms with E-state index in [1.807, 2.05) is 24.3 Å². The van der Waals surface area contributed by atoms with Crippen molar-refractivity contribution in [1.82, 2.24) is 9.88 Å². The number of hydrogen-bond donors (Lipinski definition) is 1. The number of nitro groups is 1. The van der Waals surface area contributed by atoms with Crippen molar-refractivity contribution >= 4 is 17.1 Å². The van der Waals surface area contributed by atoms with Crippen LogP contribution in [0.2, 0.25) is 0 Å². The van der Waals surface area contributed by atoms with E-state index in [-0.39, 0.29) is 23.7 Å². The number of nitrogens with one attached hydrogen (secondary N) is 1. The fraction of sp³-hybridized carbons (Fsp3) is 0.414. The molecule has 1 aliphatic heterocycles. The van der Waals surface area contributed by atoms with E-state index < -0.39 is 22.4 Å². The molecule has 0 bridgehead atoms. The molecular formula is C29H31F4N5O3. The number of ether oxygens (including phenoxy) is 1. The first kappa shape index (κ1) is 28.6. The molecule has 12 heteroatoms. The summed E-state index contributed by atoms with van der Waals surface area (Å²) in [5.74, 6) is 0.307. The molecule has 1 saturated heterocycles. The molecule has 0 amide bonds. The van der Waals surface area contributed by atoms with Crippen molar-refractivity contribution in [1.29, 1.82) is 0 Å². The molecule has 1 aliphatic carbocycles. The third kappa shape index (κ3) is 7.43. The smallest absolute Gasteiger partial charge is 0.423 e. The van der Waals surface area contributed by atoms with Gasteiger partial charge in [0.05, 0.1) is 4.92 Å². The summed E-state index contributed by atoms with van der Waals surface area (Å²) in [6.07, 6.45) is -0.390. The minimum atomic E-state index is -4.81. The summed E-state index contributed by atoms with van der Waals surface area (Å²) in [5.41, 5.74) is 0.111. The summed E-state index contributed by atoms with van der Waals surface area (Å²) in [4.78, 5) is 19.0. The van der Waals surface area contributed by atoms with E-state index in [2.05, 4.69) is 20.1 Å². The van der Waals surface area contributed by atoms with Crippen LogP contribution in [0.25, 0.3) is 0 Å². The van der Waals surface area contributed by atoms with Gasteiger partial charge in [0.1, 0.15) is 17.5 Å². The molecule has 2 aliphatic rings. The van der Waals surface area contributed by atoms with Gasteiger partial charge in [-0.1, -0.05) is 12.1 Å². The minimum absolute atomic E-state index is 0.0639. The zero-order chi connectivity index (χ0) is 29.0. The lowest BCUT2D eigenvalue weighted by Gasteiger charge is -2.36. The molecule has 41 heavy (non-hydrogen) atoms. The number of piperazine rings is 1. The molecule has 5 rings (SSSR count). The molecule has 0 radical (unpaired) electrons. The van der Waals surface area contributed by atoms with Gasteiger partial charge < -0.3 is 15.0 Å². The van der Waals surface area contributed by atoms with Gasteiger partial charge in [-0.15, -0.1) is 0 Å². The zero-order valence-corrected chi connectivity index (χ0v) is 22.3. The Hall–Kier alpha value is -3.93. The Bertz CT molecular complexity index is 1340. The Labute approximate surface area is 235 Å². The van der Waals surface area contributed by atoms with Crippen LogP contribution < -0.4 is 15.0 Å². The average Bonchev–Trinajstić information content (AvgIpc) is 2.95. The Morgan fingerprint density at radius 3 is 2.34 bits per heavy atom. The molecule has 3 aromatic rings. The maximum atomic E-state index is 13.3. The lowest BCUT2D eigenvalue weighted by atomic mass is 9.92. The van der Waals surface area contributed by atoms with Crippen LogP contribution in [-0.2, 0) is 12.7 Å². The molecule has 2 heterocycles. The van der Waals surface area contributed by atoms with Crippen LogP contribution in [-0.4, -0.2) is 53.1 Å². The maximum absolute atomic E-state index is 13.3. The maximum Gasteiger partial charge on any atom is 0.423 e. The van der Waals surface area contributed by atoms with E-state index in [4.69, 9.17) is 4.74 Å². The molecule has 0 unspecified atom stereocenters. The van der Waals surface area contributed by atoms with Crippen LogP contribution in [0.15, 0.2) is 60.8 Å². The van der Waals surface area contributed by atoms with Gasteiger partial charge in [-0.05, 0) is 61.6 Å². The van der Waals surface area contributed by atoms with Crippen LogP contribution in [0.5, 0.6) is 5.88 Å². The third-order valence-electron chi connectivity index (χ3n) is 7.61. The summed E-state index contributed by atoms with van der Waals surface area (Å²) in [7, 11) is 0. The number of rotatable bonds is 8. The van der Waals surface area contributed by atoms with Crippen LogP contribution in [0, 0.1) is 15.9 Å². The van der Waals surface area contributed by atoms with Crippen molar-refractivity contribution in [3.8, 4) is 5.88 Å². The van der Waals surface area contributed by atoms with Crippen LogP contribution in [0.3, 0.4) is 0 Å². The third-order valence-corrected chi connectivity index (χ3v) is 7.61. The topological polar surface area (TPSA) is 83.8 Å². The quantitative estimate of drug-likeness (QED) is 0.193. The number of pyridine rings is 1. The van der Waals surface area contributed by atoms with Gasteiger partial charge in [-0.2, -0.15) is 13.2 Å². The number of anilines is 2. The Kier molecular flexibility index (Phi) is 8.57. The minimum Gasteiger partial charge on any atom is -0.474 e. The first-order valence-corrected chi connectivity index (χ1v) is 13.6. The number of nitro benzene ring substituents is 1. The fourth-order valence-electron chi connectivity index (χ4n) is 5.42. The van der Waals surface area contributed by atoms with E-state index >= 15 is 0 Å². The predicted molar refractivity (Wildman–Crippen MR) is 147 cm³/mol.